The van der Waals surface area contributed by atoms with E-state index in [2.05, 4.69) is 60.4 Å². The quantitative estimate of drug-likeness (QED) is 0.0253. The van der Waals surface area contributed by atoms with E-state index in [0.717, 1.165) is 81.8 Å². The lowest BCUT2D eigenvalue weighted by Crippen LogP contribution is -2.23. The molecule has 534 valence electrons. The normalized spacial score (nSPS) is 11.8. The van der Waals surface area contributed by atoms with Crippen LogP contribution in [0.15, 0.2) is 196 Å². The Balaban J connectivity index is 0.000000160. The highest BCUT2D eigenvalue weighted by atomic mass is 32.2. The molecule has 13 aromatic rings. The number of nitrogens with two attached hydrogens (primary N) is 1. The molecule has 0 amide bonds. The Hall–Kier alpha value is -11.5. The number of ketones is 1. The number of aromatic amines is 3. The average molecular weight is 1470 g/mol. The molecule has 0 bridgehead atoms. The van der Waals surface area contributed by atoms with Gasteiger partial charge < -0.3 is 25.8 Å². The molecule has 9 heterocycles. The highest BCUT2D eigenvalue weighted by Crippen LogP contribution is 2.37. The molecule has 0 aliphatic heterocycles. The molecule has 0 radical (unpaired) electrons. The molecule has 4 aromatic carbocycles. The number of nitrogens with one attached hydrogen (secondary N) is 6. The second kappa shape index (κ2) is 32.4. The van der Waals surface area contributed by atoms with Crippen molar-refractivity contribution in [2.24, 2.45) is 0 Å². The minimum Gasteiger partial charge on any atom is -0.396 e. The van der Waals surface area contributed by atoms with Crippen molar-refractivity contribution < 1.29 is 70.3 Å². The van der Waals surface area contributed by atoms with E-state index in [1.807, 2.05) is 53.6 Å². The summed E-state index contributed by atoms with van der Waals surface area (Å²) >= 11 is 0. The van der Waals surface area contributed by atoms with Gasteiger partial charge in [0.15, 0.2) is 11.6 Å². The van der Waals surface area contributed by atoms with E-state index in [1.165, 1.54) is 60.0 Å². The van der Waals surface area contributed by atoms with Crippen molar-refractivity contribution in [3.8, 4) is 33.4 Å². The molecule has 0 aliphatic rings. The summed E-state index contributed by atoms with van der Waals surface area (Å²) in [6.07, 6.45) is 18.1. The summed E-state index contributed by atoms with van der Waals surface area (Å²) in [6.45, 7) is 8.60. The Bertz CT molecular complexity index is 5550. The zero-order valence-electron chi connectivity index (χ0n) is 55.1. The van der Waals surface area contributed by atoms with Gasteiger partial charge >= 0.3 is 0 Å². The number of rotatable bonds is 16. The highest BCUT2D eigenvalue weighted by molar-refractivity contribution is 7.93. The Kier molecular flexibility index (Phi) is 23.9. The van der Waals surface area contributed by atoms with Crippen LogP contribution in [0.3, 0.4) is 0 Å². The Morgan fingerprint density at radius 1 is 0.456 bits per heavy atom. The number of sulfonamides is 3. The highest BCUT2D eigenvalue weighted by Gasteiger charge is 2.30. The van der Waals surface area contributed by atoms with E-state index in [4.69, 9.17) is 5.73 Å². The third kappa shape index (κ3) is 18.4. The number of anilines is 4. The first kappa shape index (κ1) is 75.7. The van der Waals surface area contributed by atoms with Crippen LogP contribution >= 0.6 is 0 Å². The third-order valence-electron chi connectivity index (χ3n) is 15.2. The number of hydrogen-bond acceptors (Lipinski definition) is 15. The van der Waals surface area contributed by atoms with Crippen molar-refractivity contribution in [2.45, 2.75) is 63.4 Å². The molecule has 13 rings (SSSR count). The van der Waals surface area contributed by atoms with Gasteiger partial charge in [-0.1, -0.05) is 18.2 Å². The van der Waals surface area contributed by atoms with Gasteiger partial charge in [-0.25, -0.2) is 75.3 Å². The smallest absolute Gasteiger partial charge is 0.235 e. The van der Waals surface area contributed by atoms with Crippen molar-refractivity contribution in [1.29, 1.82) is 0 Å². The molecule has 0 saturated carbocycles. The lowest BCUT2D eigenvalue weighted by Gasteiger charge is -2.17. The number of H-pyrrole nitrogens is 3. The van der Waals surface area contributed by atoms with E-state index in [9.17, 15) is 61.5 Å². The summed E-state index contributed by atoms with van der Waals surface area (Å²) < 4.78 is 187. The number of aliphatic hydroxyl groups is 1. The van der Waals surface area contributed by atoms with Crippen LogP contribution in [0.25, 0.3) is 66.5 Å². The van der Waals surface area contributed by atoms with E-state index >= 15 is 8.78 Å². The van der Waals surface area contributed by atoms with Crippen LogP contribution in [-0.4, -0.2) is 96.7 Å². The number of halogens is 8. The van der Waals surface area contributed by atoms with Gasteiger partial charge in [0.1, 0.15) is 57.9 Å². The van der Waals surface area contributed by atoms with Crippen molar-refractivity contribution in [2.75, 3.05) is 19.9 Å². The van der Waals surface area contributed by atoms with E-state index in [0.29, 0.717) is 39.3 Å². The number of pyridine rings is 6. The lowest BCUT2D eigenvalue weighted by molar-refractivity contribution is 0.103. The molecular formula is C71H63F8N13O8S3. The number of aromatic nitrogens is 9. The van der Waals surface area contributed by atoms with Crippen LogP contribution in [0, 0.1) is 46.5 Å². The monoisotopic (exact) mass is 1470 g/mol. The Morgan fingerprint density at radius 2 is 0.903 bits per heavy atom. The topological polar surface area (TPSA) is 327 Å². The van der Waals surface area contributed by atoms with Crippen LogP contribution in [-0.2, 0) is 30.1 Å². The standard InChI is InChI=1S/C22H20F2N4O3S.C22H18F2N4O3S.C12H9N3.C9H11F2NO2S.C6H5F2N/c2*1-12(2)32(30,31)28-18-6-5-17(23)19(20(18)24)21(29)16-11-27-22-15(16)8-14(10-26-22)13-4-3-7-25-9-13;1-2-10(7-13-4-1)11-6-9-3-5-14-12(9)15-8-11;1-6(2)15(13,14)12-9-4-3-7(10)5-8(9)11;7-4-1-2-6(9)5(8)3-4/h3-12,21,28-29H,1-2H3,(H,26,27);3-12,28H,1-2H3,(H,26,27);1-8H,(H,14,15);3-6,12H,1-2H3;1-3H,9H2. The van der Waals surface area contributed by atoms with Gasteiger partial charge in [-0.15, -0.1) is 0 Å². The Labute approximate surface area is 585 Å². The zero-order chi connectivity index (χ0) is 74.7. The summed E-state index contributed by atoms with van der Waals surface area (Å²) in [5.41, 5.74) is 9.29. The van der Waals surface area contributed by atoms with Crippen molar-refractivity contribution in [3.63, 3.8) is 0 Å². The number of nitrogen functional groups attached to an aromatic ring is 1. The van der Waals surface area contributed by atoms with E-state index in [-0.39, 0.29) is 22.5 Å². The number of carbonyl (C=O) groups is 1. The molecule has 1 atom stereocenters. The molecule has 1 unspecified atom stereocenters. The third-order valence-corrected chi connectivity index (χ3v) is 20.5. The summed E-state index contributed by atoms with van der Waals surface area (Å²) in [4.78, 5) is 47.0. The molecule has 9 aromatic heterocycles. The number of aliphatic hydroxyl groups excluding tert-OH is 1. The van der Waals surface area contributed by atoms with Gasteiger partial charge in [-0.05, 0) is 133 Å². The summed E-state index contributed by atoms with van der Waals surface area (Å²) in [7, 11) is -11.4. The predicted molar refractivity (Wildman–Crippen MR) is 378 cm³/mol. The van der Waals surface area contributed by atoms with Gasteiger partial charge in [-0.3, -0.25) is 33.9 Å². The maximum Gasteiger partial charge on any atom is 0.235 e. The molecule has 21 nitrogen and oxygen atoms in total. The largest absolute Gasteiger partial charge is 0.396 e. The van der Waals surface area contributed by atoms with Gasteiger partial charge in [0.2, 0.25) is 35.9 Å². The fourth-order valence-corrected chi connectivity index (χ4v) is 11.5. The van der Waals surface area contributed by atoms with Crippen LogP contribution < -0.4 is 19.9 Å². The molecule has 0 saturated heterocycles. The average Bonchev–Trinajstić information content (AvgIpc) is 1.70. The molecule has 0 spiro atoms. The maximum absolute atomic E-state index is 15.2. The minimum absolute atomic E-state index is 0.0000861. The molecular weight excluding hydrogens is 1410 g/mol. The number of nitrogens with zero attached hydrogens (tertiary/aromatic N) is 6. The first-order chi connectivity index (χ1) is 48.8. The first-order valence-corrected chi connectivity index (χ1v) is 35.5. The number of carbonyl (C=O) groups excluding carboxylic acids is 1. The second-order valence-corrected chi connectivity index (χ2v) is 30.0. The van der Waals surface area contributed by atoms with Crippen LogP contribution in [0.2, 0.25) is 0 Å². The molecule has 0 aliphatic carbocycles. The van der Waals surface area contributed by atoms with Crippen LogP contribution in [0.1, 0.15) is 74.7 Å². The van der Waals surface area contributed by atoms with Crippen LogP contribution in [0.5, 0.6) is 0 Å². The molecule has 9 N–H and O–H groups in total. The van der Waals surface area contributed by atoms with Crippen LogP contribution in [0.4, 0.5) is 57.9 Å². The molecule has 0 fully saturated rings. The predicted octanol–water partition coefficient (Wildman–Crippen LogP) is 14.7. The Morgan fingerprint density at radius 3 is 1.40 bits per heavy atom. The second-order valence-electron chi connectivity index (χ2n) is 23.3. The number of hydrogen-bond donors (Lipinski definition) is 8. The van der Waals surface area contributed by atoms with Crippen molar-refractivity contribution in [3.05, 3.63) is 264 Å². The summed E-state index contributed by atoms with van der Waals surface area (Å²) in [5, 5.41) is 10.5. The van der Waals surface area contributed by atoms with Gasteiger partial charge in [-0.2, -0.15) is 0 Å². The number of fused-ring (bicyclic) bond motifs is 3. The first-order valence-electron chi connectivity index (χ1n) is 30.8. The van der Waals surface area contributed by atoms with E-state index in [1.54, 1.807) is 67.6 Å². The maximum atomic E-state index is 15.2. The van der Waals surface area contributed by atoms with Crippen molar-refractivity contribution >= 4 is 91.7 Å². The van der Waals surface area contributed by atoms with Crippen molar-refractivity contribution in [1.82, 2.24) is 44.9 Å². The number of benzene rings is 4. The fraction of sp³-hybridized carbons (Fsp3) is 0.141. The SMILES string of the molecule is CC(C)S(=O)(=O)Nc1ccc(F)c(C(=O)c2c[nH]c3ncc(-c4cccnc4)cc23)c1F.CC(C)S(=O)(=O)Nc1ccc(F)c(C(O)c2c[nH]c3ncc(-c4cccnc4)cc23)c1F.CC(C)S(=O)(=O)Nc1ccc(F)cc1F.Nc1ccc(F)cc1F.c1cncc(-c2cnc3[nH]ccc3c2)c1. The molecule has 103 heavy (non-hydrogen) atoms. The minimum atomic E-state index is -3.90. The van der Waals surface area contributed by atoms with Gasteiger partial charge in [0.25, 0.3) is 0 Å². The lowest BCUT2D eigenvalue weighted by atomic mass is 9.98. The van der Waals surface area contributed by atoms with Gasteiger partial charge in [0.05, 0.1) is 49.6 Å². The summed E-state index contributed by atoms with van der Waals surface area (Å²) in [5.74, 6) is -8.53. The summed E-state index contributed by atoms with van der Waals surface area (Å²) in [6, 6.07) is 28.0. The fourth-order valence-electron chi connectivity index (χ4n) is 9.37. The van der Waals surface area contributed by atoms with Gasteiger partial charge in [0, 0.05) is 147 Å². The van der Waals surface area contributed by atoms with E-state index < -0.39 is 127 Å². The molecule has 32 heteroatoms. The zero-order valence-corrected chi connectivity index (χ0v) is 57.5.